The molecule has 1 aliphatic heterocycles. The first kappa shape index (κ1) is 10.4. The average molecular weight is 336 g/mol. The summed E-state index contributed by atoms with van der Waals surface area (Å²) >= 11 is 4.56. The van der Waals surface area contributed by atoms with Crippen LogP contribution in [0.15, 0.2) is 0 Å². The van der Waals surface area contributed by atoms with E-state index in [0.29, 0.717) is 0 Å². The standard InChI is InChI=1S/C6H5N2OS.2Al.HI.3H/c9-6-5-4(1-2-7-6)8-3-10-5;;;;;;/h1-2H2,(H,7,9);;;1H;;;/q;;+2;;;;/p-2. The van der Waals surface area contributed by atoms with Crippen molar-refractivity contribution in [3.05, 3.63) is 10.6 Å². The van der Waals surface area contributed by atoms with Crippen LogP contribution in [-0.4, -0.2) is 49.8 Å². The summed E-state index contributed by atoms with van der Waals surface area (Å²) in [7, 11) is 0. The molecule has 2 rings (SSSR count). The SMILES string of the molecule is O=C1c2s[c]([AlH2])nc2CC[N]1[AlH][I]. The Morgan fingerprint density at radius 3 is 3.15 bits per heavy atom. The molecule has 1 aliphatic rings. The summed E-state index contributed by atoms with van der Waals surface area (Å²) in [6, 6.07) is 0. The number of carbonyl (C=O) groups excluding carboxylic acids is 1. The van der Waals surface area contributed by atoms with Gasteiger partial charge in [-0.1, -0.05) is 0 Å². The van der Waals surface area contributed by atoms with E-state index in [4.69, 9.17) is 0 Å². The van der Waals surface area contributed by atoms with E-state index in [-0.39, 0.29) is 18.1 Å². The number of fused-ring (bicyclic) bond motifs is 1. The summed E-state index contributed by atoms with van der Waals surface area (Å²) < 4.78 is 3.16. The maximum absolute atomic E-state index is 11.8. The fraction of sp³-hybridized carbons (Fsp3) is 0.333. The number of rotatable bonds is 1. The number of thiazole rings is 1. The lowest BCUT2D eigenvalue weighted by atomic mass is 10.2. The highest BCUT2D eigenvalue weighted by Gasteiger charge is 2.26. The van der Waals surface area contributed by atoms with Crippen molar-refractivity contribution < 1.29 is 4.79 Å². The van der Waals surface area contributed by atoms with E-state index in [1.807, 2.05) is 3.88 Å². The molecule has 0 radical (unpaired) electrons. The molecular weight excluding hydrogens is 329 g/mol. The molecule has 0 unspecified atom stereocenters. The van der Waals surface area contributed by atoms with Gasteiger partial charge in [-0.15, -0.1) is 11.3 Å². The van der Waals surface area contributed by atoms with Crippen molar-refractivity contribution in [2.24, 2.45) is 0 Å². The summed E-state index contributed by atoms with van der Waals surface area (Å²) in [5, 5.41) is 0. The molecular formula is C6H7Al2IN2OS. The van der Waals surface area contributed by atoms with Gasteiger partial charge in [0.2, 0.25) is 5.91 Å². The Bertz CT molecular complexity index is 356. The summed E-state index contributed by atoms with van der Waals surface area (Å²) in [5.74, 6) is 0.238. The van der Waals surface area contributed by atoms with Gasteiger partial charge in [0.25, 0.3) is 0 Å². The molecule has 0 aromatic carbocycles. The van der Waals surface area contributed by atoms with Crippen LogP contribution in [-0.2, 0) is 6.42 Å². The van der Waals surface area contributed by atoms with E-state index < -0.39 is 0 Å². The first-order valence-electron chi connectivity index (χ1n) is 4.04. The zero-order valence-corrected chi connectivity index (χ0v) is 13.6. The lowest BCUT2D eigenvalue weighted by Crippen LogP contribution is -2.37. The largest absolute Gasteiger partial charge is 0.482 e. The molecule has 13 heavy (non-hydrogen) atoms. The van der Waals surface area contributed by atoms with Crippen LogP contribution in [0.3, 0.4) is 0 Å². The zero-order chi connectivity index (χ0) is 9.42. The summed E-state index contributed by atoms with van der Waals surface area (Å²) in [6.07, 6.45) is 0.968. The second kappa shape index (κ2) is 4.18. The Morgan fingerprint density at radius 2 is 2.46 bits per heavy atom. The van der Waals surface area contributed by atoms with Crippen LogP contribution in [0.5, 0.6) is 0 Å². The molecule has 0 fully saturated rings. The average Bonchev–Trinajstić information content (AvgIpc) is 2.47. The minimum atomic E-state index is -0.365. The number of amides is 1. The quantitative estimate of drug-likeness (QED) is 0.492. The van der Waals surface area contributed by atoms with Gasteiger partial charge in [0.05, 0.1) is 5.69 Å². The van der Waals surface area contributed by atoms with E-state index in [1.165, 1.54) is 0 Å². The summed E-state index contributed by atoms with van der Waals surface area (Å²) in [4.78, 5) is 17.1. The summed E-state index contributed by atoms with van der Waals surface area (Å²) in [6.45, 7) is 0.895. The molecule has 0 atom stereocenters. The van der Waals surface area contributed by atoms with Crippen molar-refractivity contribution in [1.82, 2.24) is 8.87 Å². The van der Waals surface area contributed by atoms with Gasteiger partial charge >= 0.3 is 28.4 Å². The molecule has 3 nitrogen and oxygen atoms in total. The third kappa shape index (κ3) is 1.97. The van der Waals surface area contributed by atoms with Crippen LogP contribution in [0, 0.1) is 0 Å². The molecule has 7 heteroatoms. The topological polar surface area (TPSA) is 33.2 Å². The van der Waals surface area contributed by atoms with Gasteiger partial charge in [0, 0.05) is 16.8 Å². The maximum Gasteiger partial charge on any atom is 0.482 e. The lowest BCUT2D eigenvalue weighted by Gasteiger charge is -2.24. The number of halogens is 1. The molecule has 0 N–H and O–H groups in total. The summed E-state index contributed by atoms with van der Waals surface area (Å²) in [5.41, 5.74) is 1.05. The maximum atomic E-state index is 11.8. The van der Waals surface area contributed by atoms with E-state index in [9.17, 15) is 4.79 Å². The molecule has 2 heterocycles. The second-order valence-corrected chi connectivity index (χ2v) is 8.87. The highest BCUT2D eigenvalue weighted by molar-refractivity contribution is 14.1. The van der Waals surface area contributed by atoms with Crippen LogP contribution in [0.1, 0.15) is 15.4 Å². The predicted molar refractivity (Wildman–Crippen MR) is 66.2 cm³/mol. The van der Waals surface area contributed by atoms with Gasteiger partial charge in [-0.05, 0) is 0 Å². The molecule has 0 saturated carbocycles. The van der Waals surface area contributed by atoms with Crippen molar-refractivity contribution >= 4 is 69.8 Å². The Hall–Kier alpha value is 0.895. The third-order valence-electron chi connectivity index (χ3n) is 2.05. The molecule has 0 bridgehead atoms. The Morgan fingerprint density at radius 1 is 1.69 bits per heavy atom. The van der Waals surface area contributed by atoms with E-state index in [0.717, 1.165) is 43.7 Å². The number of aromatic nitrogens is 1. The Kier molecular flexibility index (Phi) is 3.35. The van der Waals surface area contributed by atoms with Gasteiger partial charge in [-0.3, -0.25) is 9.78 Å². The molecule has 1 aromatic heterocycles. The molecule has 0 aliphatic carbocycles. The van der Waals surface area contributed by atoms with Crippen LogP contribution < -0.4 is 3.87 Å². The van der Waals surface area contributed by atoms with Gasteiger partial charge in [-0.25, -0.2) is 0 Å². The van der Waals surface area contributed by atoms with Gasteiger partial charge in [0.15, 0.2) is 0 Å². The Labute approximate surface area is 106 Å². The second-order valence-electron chi connectivity index (χ2n) is 2.95. The molecule has 1 aromatic rings. The highest BCUT2D eigenvalue weighted by Crippen LogP contribution is 2.19. The third-order valence-corrected chi connectivity index (χ3v) is 7.25. The van der Waals surface area contributed by atoms with Gasteiger partial charge in [-0.2, -0.15) is 20.3 Å². The monoisotopic (exact) mass is 336 g/mol. The zero-order valence-electron chi connectivity index (χ0n) is 7.21. The number of carbonyl (C=O) groups is 1. The van der Waals surface area contributed by atoms with E-state index >= 15 is 0 Å². The number of hydrogen-bond donors (Lipinski definition) is 0. The van der Waals surface area contributed by atoms with Crippen molar-refractivity contribution in [2.75, 3.05) is 6.54 Å². The number of nitrogens with zero attached hydrogens (tertiary/aromatic N) is 2. The van der Waals surface area contributed by atoms with E-state index in [2.05, 4.69) is 25.3 Å². The predicted octanol–water partition coefficient (Wildman–Crippen LogP) is -0.899. The van der Waals surface area contributed by atoms with Crippen molar-refractivity contribution in [3.8, 4) is 0 Å². The Balaban J connectivity index is 2.38. The lowest BCUT2D eigenvalue weighted by molar-refractivity contribution is 0.0855. The van der Waals surface area contributed by atoms with Crippen molar-refractivity contribution in [2.45, 2.75) is 6.42 Å². The minimum Gasteiger partial charge on any atom is -0.422 e. The normalized spacial score (nSPS) is 15.8. The van der Waals surface area contributed by atoms with Crippen LogP contribution in [0.4, 0.5) is 0 Å². The molecule has 0 saturated heterocycles. The number of hydrogen-bond acceptors (Lipinski definition) is 3. The first-order valence-corrected chi connectivity index (χ1v) is 11.6. The molecule has 66 valence electrons. The van der Waals surface area contributed by atoms with Crippen LogP contribution >= 0.6 is 31.6 Å². The molecule has 0 spiro atoms. The highest BCUT2D eigenvalue weighted by atomic mass is 127. The smallest absolute Gasteiger partial charge is 0.422 e. The van der Waals surface area contributed by atoms with Gasteiger partial charge < -0.3 is 3.88 Å². The van der Waals surface area contributed by atoms with Crippen molar-refractivity contribution in [3.63, 3.8) is 0 Å². The minimum absolute atomic E-state index is 0.238. The van der Waals surface area contributed by atoms with Crippen molar-refractivity contribution in [1.29, 1.82) is 0 Å². The van der Waals surface area contributed by atoms with Crippen LogP contribution in [0.25, 0.3) is 0 Å². The first-order chi connectivity index (χ1) is 6.22. The van der Waals surface area contributed by atoms with E-state index in [1.54, 1.807) is 11.3 Å². The van der Waals surface area contributed by atoms with Gasteiger partial charge in [0.1, 0.15) is 4.88 Å². The molecule has 1 amide bonds. The fourth-order valence-corrected chi connectivity index (χ4v) is 5.83. The fourth-order valence-electron chi connectivity index (χ4n) is 1.41. The van der Waals surface area contributed by atoms with Crippen LogP contribution in [0.2, 0.25) is 0 Å².